The predicted octanol–water partition coefficient (Wildman–Crippen LogP) is -1.37. The molecule has 4 nitrogen and oxygen atoms in total. The molecular formula is C5H11NO3Si. The SMILES string of the molecule is COC([SiH3])(CN=C=O)OC. The van der Waals surface area contributed by atoms with E-state index in [4.69, 9.17) is 9.47 Å². The lowest BCUT2D eigenvalue weighted by Gasteiger charge is -2.23. The molecule has 0 radical (unpaired) electrons. The molecule has 0 aromatic heterocycles. The van der Waals surface area contributed by atoms with E-state index < -0.39 is 5.41 Å². The van der Waals surface area contributed by atoms with Gasteiger partial charge >= 0.3 is 0 Å². The molecule has 0 heterocycles. The molecule has 0 bridgehead atoms. The minimum absolute atomic E-state index is 0.232. The fourth-order valence-corrected chi connectivity index (χ4v) is 0.546. The van der Waals surface area contributed by atoms with Crippen molar-refractivity contribution in [3.63, 3.8) is 0 Å². The van der Waals surface area contributed by atoms with Gasteiger partial charge in [0.05, 0.1) is 10.2 Å². The second-order valence-corrected chi connectivity index (χ2v) is 3.47. The van der Waals surface area contributed by atoms with Crippen molar-refractivity contribution >= 4 is 16.3 Å². The third kappa shape index (κ3) is 2.89. The van der Waals surface area contributed by atoms with Gasteiger partial charge in [-0.25, -0.2) is 9.79 Å². The van der Waals surface area contributed by atoms with Crippen molar-refractivity contribution in [1.82, 2.24) is 0 Å². The Morgan fingerprint density at radius 2 is 2.10 bits per heavy atom. The van der Waals surface area contributed by atoms with Gasteiger partial charge in [0.25, 0.3) is 0 Å². The second-order valence-electron chi connectivity index (χ2n) is 1.95. The van der Waals surface area contributed by atoms with Crippen LogP contribution in [0.5, 0.6) is 0 Å². The van der Waals surface area contributed by atoms with Crippen LogP contribution >= 0.6 is 0 Å². The van der Waals surface area contributed by atoms with Crippen molar-refractivity contribution in [2.24, 2.45) is 4.99 Å². The fourth-order valence-electron chi connectivity index (χ4n) is 0.388. The monoisotopic (exact) mass is 161 g/mol. The van der Waals surface area contributed by atoms with Crippen LogP contribution in [0.2, 0.25) is 0 Å². The Hall–Kier alpha value is -0.483. The maximum Gasteiger partial charge on any atom is 0.235 e. The summed E-state index contributed by atoms with van der Waals surface area (Å²) in [4.78, 5) is 13.1. The first-order chi connectivity index (χ1) is 4.68. The maximum atomic E-state index is 9.70. The molecule has 0 aromatic rings. The molecule has 0 fully saturated rings. The summed E-state index contributed by atoms with van der Waals surface area (Å²) in [6.07, 6.45) is 1.43. The van der Waals surface area contributed by atoms with Crippen LogP contribution < -0.4 is 0 Å². The summed E-state index contributed by atoms with van der Waals surface area (Å²) in [5.41, 5.74) is -0.655. The quantitative estimate of drug-likeness (QED) is 0.221. The third-order valence-electron chi connectivity index (χ3n) is 1.29. The number of carbonyl (C=O) groups excluding carboxylic acids is 1. The molecule has 5 heteroatoms. The van der Waals surface area contributed by atoms with Crippen LogP contribution in [0.4, 0.5) is 0 Å². The highest BCUT2D eigenvalue weighted by molar-refractivity contribution is 6.13. The average Bonchev–Trinajstić information content (AvgIpc) is 2.00. The Kier molecular flexibility index (Phi) is 4.14. The second kappa shape index (κ2) is 4.35. The zero-order chi connectivity index (χ0) is 8.04. The summed E-state index contributed by atoms with van der Waals surface area (Å²) >= 11 is 0. The lowest BCUT2D eigenvalue weighted by atomic mass is 10.6. The number of nitrogens with zero attached hydrogens (tertiary/aromatic N) is 1. The normalized spacial score (nSPS) is 11.0. The van der Waals surface area contributed by atoms with Crippen LogP contribution in [0.3, 0.4) is 0 Å². The van der Waals surface area contributed by atoms with E-state index in [1.165, 1.54) is 20.3 Å². The van der Waals surface area contributed by atoms with E-state index in [0.717, 1.165) is 0 Å². The minimum atomic E-state index is -0.655. The van der Waals surface area contributed by atoms with Gasteiger partial charge in [0.15, 0.2) is 5.41 Å². The van der Waals surface area contributed by atoms with E-state index in [1.807, 2.05) is 0 Å². The Labute approximate surface area is 62.7 Å². The molecule has 0 rings (SSSR count). The molecule has 0 aliphatic heterocycles. The highest BCUT2D eigenvalue weighted by Gasteiger charge is 2.20. The number of aliphatic imine (C=N–C) groups is 1. The first-order valence-corrected chi connectivity index (χ1v) is 3.82. The number of rotatable bonds is 4. The van der Waals surface area contributed by atoms with Gasteiger partial charge in [-0.1, -0.05) is 0 Å². The van der Waals surface area contributed by atoms with Crippen molar-refractivity contribution in [2.75, 3.05) is 20.8 Å². The van der Waals surface area contributed by atoms with E-state index in [9.17, 15) is 4.79 Å². The maximum absolute atomic E-state index is 9.70. The lowest BCUT2D eigenvalue weighted by Crippen LogP contribution is -2.37. The van der Waals surface area contributed by atoms with E-state index in [2.05, 4.69) is 4.99 Å². The Morgan fingerprint density at radius 3 is 2.40 bits per heavy atom. The van der Waals surface area contributed by atoms with Gasteiger partial charge in [0, 0.05) is 14.2 Å². The largest absolute Gasteiger partial charge is 0.356 e. The van der Waals surface area contributed by atoms with Crippen molar-refractivity contribution < 1.29 is 14.3 Å². The number of isocyanates is 1. The summed E-state index contributed by atoms with van der Waals surface area (Å²) in [6.45, 7) is 0.232. The first-order valence-electron chi connectivity index (χ1n) is 2.82. The lowest BCUT2D eigenvalue weighted by molar-refractivity contribution is -0.133. The third-order valence-corrected chi connectivity index (χ3v) is 2.43. The fraction of sp³-hybridized carbons (Fsp3) is 0.800. The van der Waals surface area contributed by atoms with Crippen molar-refractivity contribution in [2.45, 2.75) is 5.41 Å². The van der Waals surface area contributed by atoms with E-state index in [-0.39, 0.29) is 6.54 Å². The van der Waals surface area contributed by atoms with Gasteiger partial charge in [-0.3, -0.25) is 0 Å². The predicted molar refractivity (Wildman–Crippen MR) is 39.7 cm³/mol. The van der Waals surface area contributed by atoms with Gasteiger partial charge in [-0.2, -0.15) is 0 Å². The summed E-state index contributed by atoms with van der Waals surface area (Å²) in [5.74, 6) is 0. The van der Waals surface area contributed by atoms with Gasteiger partial charge in [0.2, 0.25) is 6.08 Å². The number of methoxy groups -OCH3 is 2. The van der Waals surface area contributed by atoms with Gasteiger partial charge < -0.3 is 9.47 Å². The smallest absolute Gasteiger partial charge is 0.235 e. The zero-order valence-corrected chi connectivity index (χ0v) is 8.38. The van der Waals surface area contributed by atoms with E-state index in [1.54, 1.807) is 0 Å². The van der Waals surface area contributed by atoms with Gasteiger partial charge in [-0.15, -0.1) is 0 Å². The zero-order valence-electron chi connectivity index (χ0n) is 6.38. The summed E-state index contributed by atoms with van der Waals surface area (Å²) in [5, 5.41) is 0. The molecule has 58 valence electrons. The van der Waals surface area contributed by atoms with Crippen molar-refractivity contribution in [3.8, 4) is 0 Å². The summed E-state index contributed by atoms with van der Waals surface area (Å²) in [7, 11) is 3.72. The van der Waals surface area contributed by atoms with Crippen molar-refractivity contribution in [3.05, 3.63) is 0 Å². The van der Waals surface area contributed by atoms with E-state index >= 15 is 0 Å². The molecule has 0 aromatic carbocycles. The summed E-state index contributed by atoms with van der Waals surface area (Å²) in [6, 6.07) is 0. The Morgan fingerprint density at radius 1 is 1.60 bits per heavy atom. The van der Waals surface area contributed by atoms with E-state index in [0.29, 0.717) is 10.2 Å². The molecule has 0 saturated heterocycles. The van der Waals surface area contributed by atoms with Crippen LogP contribution in [0.25, 0.3) is 0 Å². The van der Waals surface area contributed by atoms with Gasteiger partial charge in [-0.05, 0) is 0 Å². The van der Waals surface area contributed by atoms with Crippen molar-refractivity contribution in [1.29, 1.82) is 0 Å². The first kappa shape index (κ1) is 9.52. The molecule has 0 unspecified atom stereocenters. The number of ether oxygens (including phenoxy) is 2. The van der Waals surface area contributed by atoms with Crippen LogP contribution in [0.1, 0.15) is 0 Å². The molecule has 0 spiro atoms. The molecule has 0 atom stereocenters. The minimum Gasteiger partial charge on any atom is -0.356 e. The highest BCUT2D eigenvalue weighted by atomic mass is 28.1. The molecule has 0 amide bonds. The average molecular weight is 161 g/mol. The van der Waals surface area contributed by atoms with Crippen LogP contribution in [0.15, 0.2) is 4.99 Å². The van der Waals surface area contributed by atoms with Crippen LogP contribution in [-0.2, 0) is 14.3 Å². The summed E-state index contributed by atoms with van der Waals surface area (Å²) < 4.78 is 9.91. The van der Waals surface area contributed by atoms with Crippen LogP contribution in [-0.4, -0.2) is 42.5 Å². The molecule has 10 heavy (non-hydrogen) atoms. The molecule has 0 N–H and O–H groups in total. The molecule has 0 aliphatic carbocycles. The molecule has 0 saturated carbocycles. The number of hydrogen-bond acceptors (Lipinski definition) is 4. The highest BCUT2D eigenvalue weighted by Crippen LogP contribution is 2.04. The Bertz CT molecular complexity index is 140. The topological polar surface area (TPSA) is 47.9 Å². The number of hydrogen-bond donors (Lipinski definition) is 0. The standard InChI is InChI=1S/C5H11NO3Si/c1-8-5(10,9-2)3-6-4-7/h3H2,1-2,10H3. The van der Waals surface area contributed by atoms with Crippen LogP contribution in [0, 0.1) is 0 Å². The molecule has 0 aliphatic rings. The van der Waals surface area contributed by atoms with Gasteiger partial charge in [0.1, 0.15) is 6.54 Å². The molecular weight excluding hydrogens is 150 g/mol. The Balaban J connectivity index is 3.92.